The second kappa shape index (κ2) is 6.58. The Bertz CT molecular complexity index is 506. The molecule has 2 N–H and O–H groups in total. The van der Waals surface area contributed by atoms with E-state index in [4.69, 9.17) is 0 Å². The number of likely N-dealkylation sites (tertiary alicyclic amines) is 1. The van der Waals surface area contributed by atoms with Gasteiger partial charge in [0.1, 0.15) is 5.60 Å². The fourth-order valence-corrected chi connectivity index (χ4v) is 2.66. The van der Waals surface area contributed by atoms with Gasteiger partial charge in [-0.05, 0) is 56.8 Å². The van der Waals surface area contributed by atoms with Gasteiger partial charge in [-0.2, -0.15) is 0 Å². The highest BCUT2D eigenvalue weighted by Crippen LogP contribution is 2.21. The Morgan fingerprint density at radius 2 is 1.95 bits per heavy atom. The minimum absolute atomic E-state index is 0.223. The lowest BCUT2D eigenvalue weighted by atomic mass is 9.90. The molecule has 116 valence electrons. The third-order valence-electron chi connectivity index (χ3n) is 4.51. The normalized spacial score (nSPS) is 18.5. The fourth-order valence-electron chi connectivity index (χ4n) is 2.66. The quantitative estimate of drug-likeness (QED) is 0.882. The maximum atomic E-state index is 12.2. The molecule has 4 heteroatoms. The summed E-state index contributed by atoms with van der Waals surface area (Å²) in [5.41, 5.74) is 2.58. The Morgan fingerprint density at radius 1 is 1.29 bits per heavy atom. The number of piperidine rings is 1. The van der Waals surface area contributed by atoms with Crippen molar-refractivity contribution in [1.29, 1.82) is 0 Å². The molecule has 0 saturated carbocycles. The zero-order valence-electron chi connectivity index (χ0n) is 13.3. The van der Waals surface area contributed by atoms with Gasteiger partial charge in [-0.3, -0.25) is 4.79 Å². The molecular weight excluding hydrogens is 264 g/mol. The summed E-state index contributed by atoms with van der Waals surface area (Å²) in [5, 5.41) is 13.3. The number of carbonyl (C=O) groups excluding carboxylic acids is 1. The molecule has 1 aliphatic heterocycles. The molecule has 1 saturated heterocycles. The Morgan fingerprint density at radius 3 is 2.57 bits per heavy atom. The molecule has 2 rings (SSSR count). The van der Waals surface area contributed by atoms with E-state index in [1.807, 2.05) is 7.05 Å². The fraction of sp³-hybridized carbons (Fsp3) is 0.588. The Labute approximate surface area is 127 Å². The van der Waals surface area contributed by atoms with E-state index in [0.29, 0.717) is 19.4 Å². The monoisotopic (exact) mass is 290 g/mol. The molecular formula is C17H26N2O2. The van der Waals surface area contributed by atoms with Crippen LogP contribution >= 0.6 is 0 Å². The Kier molecular flexibility index (Phi) is 5.01. The lowest BCUT2D eigenvalue weighted by Crippen LogP contribution is -2.53. The summed E-state index contributed by atoms with van der Waals surface area (Å²) in [4.78, 5) is 14.3. The van der Waals surface area contributed by atoms with E-state index in [-0.39, 0.29) is 5.91 Å². The lowest BCUT2D eigenvalue weighted by Gasteiger charge is -2.35. The topological polar surface area (TPSA) is 52.6 Å². The molecule has 1 aliphatic rings. The van der Waals surface area contributed by atoms with Gasteiger partial charge in [-0.1, -0.05) is 18.2 Å². The summed E-state index contributed by atoms with van der Waals surface area (Å²) < 4.78 is 0. The minimum atomic E-state index is -1.18. The average molecular weight is 290 g/mol. The first-order chi connectivity index (χ1) is 9.90. The van der Waals surface area contributed by atoms with Crippen LogP contribution in [0, 0.1) is 13.8 Å². The van der Waals surface area contributed by atoms with Crippen LogP contribution < -0.4 is 5.32 Å². The van der Waals surface area contributed by atoms with Crippen molar-refractivity contribution in [2.75, 3.05) is 26.7 Å². The largest absolute Gasteiger partial charge is 0.380 e. The van der Waals surface area contributed by atoms with Crippen molar-refractivity contribution in [2.45, 2.75) is 38.7 Å². The molecule has 1 aromatic rings. The van der Waals surface area contributed by atoms with E-state index < -0.39 is 5.60 Å². The van der Waals surface area contributed by atoms with Gasteiger partial charge in [0, 0.05) is 19.6 Å². The van der Waals surface area contributed by atoms with Gasteiger partial charge in [0.15, 0.2) is 0 Å². The summed E-state index contributed by atoms with van der Waals surface area (Å²) in [6.07, 6.45) is 1.82. The Hall–Kier alpha value is -1.39. The first-order valence-corrected chi connectivity index (χ1v) is 7.66. The second-order valence-electron chi connectivity index (χ2n) is 6.26. The number of rotatable bonds is 4. The van der Waals surface area contributed by atoms with Crippen LogP contribution in [0.3, 0.4) is 0 Å². The van der Waals surface area contributed by atoms with Crippen LogP contribution in [0.4, 0.5) is 0 Å². The third kappa shape index (κ3) is 4.05. The van der Waals surface area contributed by atoms with Crippen molar-refractivity contribution in [2.24, 2.45) is 0 Å². The molecule has 0 bridgehead atoms. The van der Waals surface area contributed by atoms with Gasteiger partial charge in [-0.15, -0.1) is 0 Å². The van der Waals surface area contributed by atoms with Crippen LogP contribution in [0.15, 0.2) is 18.2 Å². The highest BCUT2D eigenvalue weighted by Gasteiger charge is 2.38. The number of amides is 1. The van der Waals surface area contributed by atoms with Crippen LogP contribution in [0.5, 0.6) is 0 Å². The van der Waals surface area contributed by atoms with Gasteiger partial charge in [0.25, 0.3) is 5.91 Å². The molecule has 0 aliphatic carbocycles. The zero-order chi connectivity index (χ0) is 15.5. The molecule has 0 atom stereocenters. The third-order valence-corrected chi connectivity index (χ3v) is 4.51. The van der Waals surface area contributed by atoms with Crippen LogP contribution in [0.25, 0.3) is 0 Å². The smallest absolute Gasteiger partial charge is 0.252 e. The van der Waals surface area contributed by atoms with E-state index in [1.165, 1.54) is 16.7 Å². The van der Waals surface area contributed by atoms with Crippen molar-refractivity contribution in [1.82, 2.24) is 10.2 Å². The second-order valence-corrected chi connectivity index (χ2v) is 6.26. The first kappa shape index (κ1) is 16.0. The maximum Gasteiger partial charge on any atom is 0.252 e. The lowest BCUT2D eigenvalue weighted by molar-refractivity contribution is -0.144. The molecule has 1 amide bonds. The number of aliphatic hydroxyl groups is 1. The highest BCUT2D eigenvalue weighted by atomic mass is 16.3. The van der Waals surface area contributed by atoms with E-state index in [2.05, 4.69) is 42.3 Å². The predicted octanol–water partition coefficient (Wildman–Crippen LogP) is 1.42. The van der Waals surface area contributed by atoms with E-state index in [9.17, 15) is 9.90 Å². The molecule has 0 radical (unpaired) electrons. The standard InChI is InChI=1S/C17H26N2O2/c1-13-4-5-15(12-14(13)2)6-9-18-16(20)17(21)7-10-19(3)11-8-17/h4-5,12,21H,6-11H2,1-3H3,(H,18,20). The molecule has 1 aromatic carbocycles. The molecule has 4 nitrogen and oxygen atoms in total. The van der Waals surface area contributed by atoms with Crippen molar-refractivity contribution in [3.8, 4) is 0 Å². The van der Waals surface area contributed by atoms with Crippen LogP contribution in [-0.2, 0) is 11.2 Å². The van der Waals surface area contributed by atoms with Crippen molar-refractivity contribution in [3.63, 3.8) is 0 Å². The summed E-state index contributed by atoms with van der Waals surface area (Å²) in [7, 11) is 2.01. The maximum absolute atomic E-state index is 12.2. The summed E-state index contributed by atoms with van der Waals surface area (Å²) in [5.74, 6) is -0.223. The zero-order valence-corrected chi connectivity index (χ0v) is 13.3. The Balaban J connectivity index is 1.82. The van der Waals surface area contributed by atoms with Crippen LogP contribution in [0.1, 0.15) is 29.5 Å². The summed E-state index contributed by atoms with van der Waals surface area (Å²) >= 11 is 0. The average Bonchev–Trinajstić information content (AvgIpc) is 2.46. The minimum Gasteiger partial charge on any atom is -0.380 e. The first-order valence-electron chi connectivity index (χ1n) is 7.66. The summed E-state index contributed by atoms with van der Waals surface area (Å²) in [6, 6.07) is 6.36. The van der Waals surface area contributed by atoms with Gasteiger partial charge >= 0.3 is 0 Å². The number of aryl methyl sites for hydroxylation is 2. The predicted molar refractivity (Wildman–Crippen MR) is 84.3 cm³/mol. The number of hydrogen-bond acceptors (Lipinski definition) is 3. The molecule has 1 fully saturated rings. The van der Waals surface area contributed by atoms with Crippen molar-refractivity contribution >= 4 is 5.91 Å². The molecule has 0 unspecified atom stereocenters. The number of benzene rings is 1. The van der Waals surface area contributed by atoms with Crippen molar-refractivity contribution in [3.05, 3.63) is 34.9 Å². The SMILES string of the molecule is Cc1ccc(CCNC(=O)C2(O)CCN(C)CC2)cc1C. The summed E-state index contributed by atoms with van der Waals surface area (Å²) in [6.45, 7) is 6.29. The number of nitrogens with zero attached hydrogens (tertiary/aromatic N) is 1. The number of nitrogens with one attached hydrogen (secondary N) is 1. The van der Waals surface area contributed by atoms with E-state index >= 15 is 0 Å². The number of hydrogen-bond donors (Lipinski definition) is 2. The van der Waals surface area contributed by atoms with Gasteiger partial charge in [-0.25, -0.2) is 0 Å². The van der Waals surface area contributed by atoms with Gasteiger partial charge in [0.05, 0.1) is 0 Å². The molecule has 1 heterocycles. The highest BCUT2D eigenvalue weighted by molar-refractivity contribution is 5.85. The van der Waals surface area contributed by atoms with Crippen molar-refractivity contribution < 1.29 is 9.90 Å². The van der Waals surface area contributed by atoms with Crippen LogP contribution in [-0.4, -0.2) is 48.2 Å². The van der Waals surface area contributed by atoms with E-state index in [0.717, 1.165) is 19.5 Å². The molecule has 0 spiro atoms. The molecule has 21 heavy (non-hydrogen) atoms. The van der Waals surface area contributed by atoms with E-state index in [1.54, 1.807) is 0 Å². The number of carbonyl (C=O) groups is 1. The van der Waals surface area contributed by atoms with Gasteiger partial charge < -0.3 is 15.3 Å². The molecule has 0 aromatic heterocycles. The van der Waals surface area contributed by atoms with Crippen LogP contribution in [0.2, 0.25) is 0 Å². The van der Waals surface area contributed by atoms with Gasteiger partial charge in [0.2, 0.25) is 0 Å².